The van der Waals surface area contributed by atoms with Crippen molar-refractivity contribution in [2.45, 2.75) is 19.4 Å². The summed E-state index contributed by atoms with van der Waals surface area (Å²) in [5, 5.41) is 0.817. The fourth-order valence-electron chi connectivity index (χ4n) is 2.99. The van der Waals surface area contributed by atoms with Gasteiger partial charge in [-0.2, -0.15) is 0 Å². The van der Waals surface area contributed by atoms with Crippen molar-refractivity contribution in [2.24, 2.45) is 5.92 Å². The molecule has 104 valence electrons. The van der Waals surface area contributed by atoms with E-state index in [1.54, 1.807) is 0 Å². The van der Waals surface area contributed by atoms with Gasteiger partial charge in [-0.3, -0.25) is 0 Å². The number of nitrogens with zero attached hydrogens (tertiary/aromatic N) is 1. The minimum Gasteiger partial charge on any atom is -0.493 e. The first-order valence-corrected chi connectivity index (χ1v) is 7.30. The van der Waals surface area contributed by atoms with Gasteiger partial charge in [0.1, 0.15) is 5.75 Å². The summed E-state index contributed by atoms with van der Waals surface area (Å²) in [7, 11) is 2.15. The summed E-state index contributed by atoms with van der Waals surface area (Å²) in [5.74, 6) is 1.72. The van der Waals surface area contributed by atoms with E-state index in [9.17, 15) is 0 Å². The summed E-state index contributed by atoms with van der Waals surface area (Å²) >= 11 is 6.19. The van der Waals surface area contributed by atoms with Gasteiger partial charge in [-0.25, -0.2) is 0 Å². The lowest BCUT2D eigenvalue weighted by atomic mass is 10.1. The zero-order valence-corrected chi connectivity index (χ0v) is 12.1. The van der Waals surface area contributed by atoms with Crippen LogP contribution in [0.3, 0.4) is 0 Å². The van der Waals surface area contributed by atoms with E-state index in [0.29, 0.717) is 5.92 Å². The maximum atomic E-state index is 6.19. The lowest BCUT2D eigenvalue weighted by molar-refractivity contribution is 0.172. The monoisotopic (exact) mass is 281 g/mol. The average Bonchev–Trinajstić information content (AvgIpc) is 2.99. The van der Waals surface area contributed by atoms with Crippen LogP contribution in [0.25, 0.3) is 0 Å². The highest BCUT2D eigenvalue weighted by Gasteiger charge is 2.21. The zero-order valence-electron chi connectivity index (χ0n) is 11.3. The van der Waals surface area contributed by atoms with Crippen LogP contribution in [0.5, 0.6) is 5.75 Å². The molecule has 0 unspecified atom stereocenters. The third-order valence-corrected chi connectivity index (χ3v) is 4.08. The Balaban J connectivity index is 1.68. The fraction of sp³-hybridized carbons (Fsp3) is 0.600. The molecule has 0 radical (unpaired) electrons. The molecule has 1 aromatic rings. The molecule has 3 rings (SSSR count). The van der Waals surface area contributed by atoms with Gasteiger partial charge in [-0.05, 0) is 37.1 Å². The summed E-state index contributed by atoms with van der Waals surface area (Å²) < 4.78 is 11.2. The number of fused-ring (bicyclic) bond motifs is 1. The van der Waals surface area contributed by atoms with Crippen LogP contribution in [0.15, 0.2) is 12.1 Å². The standard InChI is InChI=1S/C15H20ClNO2/c1-17(8-11-2-4-18-10-11)9-13-7-14(16)6-12-3-5-19-15(12)13/h6-7,11H,2-5,8-10H2,1H3/t11-/m1/s1. The summed E-state index contributed by atoms with van der Waals surface area (Å²) in [6, 6.07) is 4.06. The van der Waals surface area contributed by atoms with E-state index in [2.05, 4.69) is 11.9 Å². The van der Waals surface area contributed by atoms with Crippen LogP contribution in [-0.2, 0) is 17.7 Å². The van der Waals surface area contributed by atoms with Gasteiger partial charge in [0.15, 0.2) is 0 Å². The summed E-state index contributed by atoms with van der Waals surface area (Å²) in [6.45, 7) is 4.55. The van der Waals surface area contributed by atoms with E-state index in [1.807, 2.05) is 12.1 Å². The Kier molecular flexibility index (Phi) is 3.96. The van der Waals surface area contributed by atoms with Crippen molar-refractivity contribution in [1.29, 1.82) is 0 Å². The number of hydrogen-bond acceptors (Lipinski definition) is 3. The first-order valence-electron chi connectivity index (χ1n) is 6.93. The smallest absolute Gasteiger partial charge is 0.127 e. The molecule has 2 heterocycles. The van der Waals surface area contributed by atoms with Crippen LogP contribution < -0.4 is 4.74 Å². The molecular weight excluding hydrogens is 262 g/mol. The predicted molar refractivity (Wildman–Crippen MR) is 75.9 cm³/mol. The van der Waals surface area contributed by atoms with E-state index in [-0.39, 0.29) is 0 Å². The number of hydrogen-bond donors (Lipinski definition) is 0. The maximum Gasteiger partial charge on any atom is 0.127 e. The SMILES string of the molecule is CN(Cc1cc(Cl)cc2c1OCC2)C[C@H]1CCOC1. The van der Waals surface area contributed by atoms with E-state index in [0.717, 1.165) is 50.1 Å². The maximum absolute atomic E-state index is 6.19. The molecule has 0 bridgehead atoms. The number of benzene rings is 1. The molecule has 0 amide bonds. The Hall–Kier alpha value is -0.770. The molecule has 4 heteroatoms. The molecule has 19 heavy (non-hydrogen) atoms. The van der Waals surface area contributed by atoms with Crippen LogP contribution in [-0.4, -0.2) is 38.3 Å². The minimum absolute atomic E-state index is 0.665. The topological polar surface area (TPSA) is 21.7 Å². The molecule has 0 saturated carbocycles. The number of halogens is 1. The molecular formula is C15H20ClNO2. The second kappa shape index (κ2) is 5.70. The van der Waals surface area contributed by atoms with Gasteiger partial charge in [0.05, 0.1) is 13.2 Å². The molecule has 0 N–H and O–H groups in total. The van der Waals surface area contributed by atoms with Crippen LogP contribution in [0.2, 0.25) is 5.02 Å². The Morgan fingerprint density at radius 2 is 2.26 bits per heavy atom. The Bertz CT molecular complexity index is 458. The third-order valence-electron chi connectivity index (χ3n) is 3.86. The lowest BCUT2D eigenvalue weighted by Crippen LogP contribution is -2.25. The first-order chi connectivity index (χ1) is 9.22. The molecule has 2 aliphatic heterocycles. The highest BCUT2D eigenvalue weighted by molar-refractivity contribution is 6.30. The molecule has 2 aliphatic rings. The quantitative estimate of drug-likeness (QED) is 0.847. The van der Waals surface area contributed by atoms with Crippen molar-refractivity contribution < 1.29 is 9.47 Å². The number of ether oxygens (including phenoxy) is 2. The van der Waals surface area contributed by atoms with E-state index < -0.39 is 0 Å². The first kappa shape index (κ1) is 13.2. The minimum atomic E-state index is 0.665. The van der Waals surface area contributed by atoms with Crippen LogP contribution in [0, 0.1) is 5.92 Å². The van der Waals surface area contributed by atoms with Crippen LogP contribution in [0.4, 0.5) is 0 Å². The highest BCUT2D eigenvalue weighted by atomic mass is 35.5. The van der Waals surface area contributed by atoms with E-state index >= 15 is 0 Å². The Labute approximate surface area is 119 Å². The van der Waals surface area contributed by atoms with Gasteiger partial charge in [0.2, 0.25) is 0 Å². The van der Waals surface area contributed by atoms with Gasteiger partial charge in [0.25, 0.3) is 0 Å². The fourth-order valence-corrected chi connectivity index (χ4v) is 3.25. The normalized spacial score (nSPS) is 21.7. The second-order valence-corrected chi connectivity index (χ2v) is 6.01. The van der Waals surface area contributed by atoms with E-state index in [1.165, 1.54) is 17.5 Å². The van der Waals surface area contributed by atoms with Crippen molar-refractivity contribution in [3.05, 3.63) is 28.3 Å². The van der Waals surface area contributed by atoms with E-state index in [4.69, 9.17) is 21.1 Å². The van der Waals surface area contributed by atoms with Gasteiger partial charge in [-0.15, -0.1) is 0 Å². The molecule has 1 fully saturated rings. The third kappa shape index (κ3) is 3.04. The van der Waals surface area contributed by atoms with Gasteiger partial charge in [0, 0.05) is 36.7 Å². The van der Waals surface area contributed by atoms with Crippen LogP contribution in [0.1, 0.15) is 17.5 Å². The van der Waals surface area contributed by atoms with Gasteiger partial charge in [-0.1, -0.05) is 11.6 Å². The zero-order chi connectivity index (χ0) is 13.2. The highest BCUT2D eigenvalue weighted by Crippen LogP contribution is 2.33. The molecule has 0 aromatic heterocycles. The Morgan fingerprint density at radius 3 is 3.05 bits per heavy atom. The largest absolute Gasteiger partial charge is 0.493 e. The molecule has 1 aromatic carbocycles. The summed E-state index contributed by atoms with van der Waals surface area (Å²) in [4.78, 5) is 2.34. The van der Waals surface area contributed by atoms with Crippen molar-refractivity contribution in [3.8, 4) is 5.75 Å². The number of rotatable bonds is 4. The van der Waals surface area contributed by atoms with Crippen molar-refractivity contribution in [1.82, 2.24) is 4.90 Å². The molecule has 1 atom stereocenters. The van der Waals surface area contributed by atoms with Crippen LogP contribution >= 0.6 is 11.6 Å². The van der Waals surface area contributed by atoms with Crippen molar-refractivity contribution in [3.63, 3.8) is 0 Å². The predicted octanol–water partition coefficient (Wildman–Crippen LogP) is 2.74. The average molecular weight is 282 g/mol. The lowest BCUT2D eigenvalue weighted by Gasteiger charge is -2.21. The molecule has 1 saturated heterocycles. The summed E-state index contributed by atoms with van der Waals surface area (Å²) in [5.41, 5.74) is 2.46. The second-order valence-electron chi connectivity index (χ2n) is 5.58. The molecule has 3 nitrogen and oxygen atoms in total. The molecule has 0 aliphatic carbocycles. The van der Waals surface area contributed by atoms with Gasteiger partial charge >= 0.3 is 0 Å². The Morgan fingerprint density at radius 1 is 1.37 bits per heavy atom. The van der Waals surface area contributed by atoms with Crippen molar-refractivity contribution in [2.75, 3.05) is 33.4 Å². The van der Waals surface area contributed by atoms with Gasteiger partial charge < -0.3 is 14.4 Å². The molecule has 0 spiro atoms. The van der Waals surface area contributed by atoms with Crippen molar-refractivity contribution >= 4 is 11.6 Å². The summed E-state index contributed by atoms with van der Waals surface area (Å²) in [6.07, 6.45) is 2.15.